The number of rotatable bonds is 6. The summed E-state index contributed by atoms with van der Waals surface area (Å²) in [5.74, 6) is 1.71. The van der Waals surface area contributed by atoms with E-state index in [0.717, 1.165) is 23.5 Å². The summed E-state index contributed by atoms with van der Waals surface area (Å²) in [6.07, 6.45) is 1.20. The molecule has 1 atom stereocenters. The molecular formula is C15H21NO4. The zero-order chi connectivity index (χ0) is 14.5. The van der Waals surface area contributed by atoms with Crippen molar-refractivity contribution in [1.82, 2.24) is 4.90 Å². The zero-order valence-electron chi connectivity index (χ0n) is 12.0. The van der Waals surface area contributed by atoms with Crippen molar-refractivity contribution in [2.45, 2.75) is 12.8 Å². The van der Waals surface area contributed by atoms with Crippen LogP contribution < -0.4 is 9.47 Å². The van der Waals surface area contributed by atoms with E-state index in [4.69, 9.17) is 14.6 Å². The summed E-state index contributed by atoms with van der Waals surface area (Å²) >= 11 is 0. The third-order valence-electron chi connectivity index (χ3n) is 3.63. The van der Waals surface area contributed by atoms with Gasteiger partial charge in [0.2, 0.25) is 5.91 Å². The maximum absolute atomic E-state index is 11.8. The first-order valence-corrected chi connectivity index (χ1v) is 6.77. The van der Waals surface area contributed by atoms with Crippen molar-refractivity contribution in [2.24, 2.45) is 5.92 Å². The summed E-state index contributed by atoms with van der Waals surface area (Å²) in [7, 11) is 3.24. The average molecular weight is 279 g/mol. The van der Waals surface area contributed by atoms with Gasteiger partial charge in [-0.1, -0.05) is 0 Å². The highest BCUT2D eigenvalue weighted by atomic mass is 16.5. The number of hydrogen-bond donors (Lipinski definition) is 1. The maximum Gasteiger partial charge on any atom is 0.223 e. The Morgan fingerprint density at radius 2 is 1.90 bits per heavy atom. The first-order chi connectivity index (χ1) is 9.66. The van der Waals surface area contributed by atoms with Crippen molar-refractivity contribution in [3.8, 4) is 11.5 Å². The van der Waals surface area contributed by atoms with Crippen LogP contribution >= 0.6 is 0 Å². The predicted molar refractivity (Wildman–Crippen MR) is 75.0 cm³/mol. The summed E-state index contributed by atoms with van der Waals surface area (Å²) in [4.78, 5) is 13.6. The number of amides is 1. The molecule has 1 aliphatic rings. The smallest absolute Gasteiger partial charge is 0.223 e. The molecule has 2 rings (SSSR count). The van der Waals surface area contributed by atoms with Gasteiger partial charge >= 0.3 is 0 Å². The van der Waals surface area contributed by atoms with Crippen LogP contribution in [-0.2, 0) is 11.2 Å². The summed E-state index contributed by atoms with van der Waals surface area (Å²) in [5, 5.41) is 9.11. The molecule has 0 radical (unpaired) electrons. The molecule has 0 aliphatic carbocycles. The quantitative estimate of drug-likeness (QED) is 0.847. The van der Waals surface area contributed by atoms with Crippen LogP contribution in [-0.4, -0.2) is 49.8 Å². The molecule has 1 heterocycles. The van der Waals surface area contributed by atoms with Gasteiger partial charge in [-0.05, 0) is 24.1 Å². The average Bonchev–Trinajstić information content (AvgIpc) is 2.85. The summed E-state index contributed by atoms with van der Waals surface area (Å²) in [6, 6.07) is 5.73. The van der Waals surface area contributed by atoms with Gasteiger partial charge in [-0.3, -0.25) is 4.79 Å². The van der Waals surface area contributed by atoms with Gasteiger partial charge in [-0.15, -0.1) is 0 Å². The monoisotopic (exact) mass is 279 g/mol. The Morgan fingerprint density at radius 3 is 2.40 bits per heavy atom. The van der Waals surface area contributed by atoms with Gasteiger partial charge < -0.3 is 19.5 Å². The Hall–Kier alpha value is -1.75. The van der Waals surface area contributed by atoms with E-state index in [2.05, 4.69) is 0 Å². The molecule has 0 aromatic heterocycles. The molecule has 1 aromatic carbocycles. The molecule has 0 saturated carbocycles. The molecule has 0 spiro atoms. The second-order valence-electron chi connectivity index (χ2n) is 5.06. The van der Waals surface area contributed by atoms with Crippen molar-refractivity contribution in [1.29, 1.82) is 0 Å². The Bertz CT molecular complexity index is 453. The van der Waals surface area contributed by atoms with Gasteiger partial charge in [0.15, 0.2) is 0 Å². The number of carbonyl (C=O) groups is 1. The fraction of sp³-hybridized carbons (Fsp3) is 0.533. The second-order valence-corrected chi connectivity index (χ2v) is 5.06. The highest BCUT2D eigenvalue weighted by Gasteiger charge is 2.28. The van der Waals surface area contributed by atoms with Crippen LogP contribution in [0.15, 0.2) is 18.2 Å². The van der Waals surface area contributed by atoms with Crippen LogP contribution in [0.1, 0.15) is 12.0 Å². The minimum Gasteiger partial charge on any atom is -0.497 e. The number of carbonyl (C=O) groups excluding carboxylic acids is 1. The van der Waals surface area contributed by atoms with Crippen LogP contribution in [0.4, 0.5) is 0 Å². The number of nitrogens with zero attached hydrogens (tertiary/aromatic N) is 1. The molecule has 1 unspecified atom stereocenters. The molecule has 0 bridgehead atoms. The van der Waals surface area contributed by atoms with Gasteiger partial charge in [0, 0.05) is 38.1 Å². The molecule has 1 saturated heterocycles. The number of aliphatic hydroxyl groups excluding tert-OH is 1. The summed E-state index contributed by atoms with van der Waals surface area (Å²) in [6.45, 7) is 1.39. The minimum absolute atomic E-state index is 0.0786. The molecular weight excluding hydrogens is 258 g/mol. The molecule has 5 nitrogen and oxygen atoms in total. The number of likely N-dealkylation sites (tertiary alicyclic amines) is 1. The minimum atomic E-state index is 0.0786. The van der Waals surface area contributed by atoms with Gasteiger partial charge in [-0.2, -0.15) is 0 Å². The van der Waals surface area contributed by atoms with Crippen molar-refractivity contribution < 1.29 is 19.4 Å². The van der Waals surface area contributed by atoms with Crippen LogP contribution in [0, 0.1) is 5.92 Å². The molecule has 1 amide bonds. The first-order valence-electron chi connectivity index (χ1n) is 6.77. The van der Waals surface area contributed by atoms with E-state index < -0.39 is 0 Å². The van der Waals surface area contributed by atoms with Crippen LogP contribution in [0.5, 0.6) is 11.5 Å². The summed E-state index contributed by atoms with van der Waals surface area (Å²) in [5.41, 5.74) is 1.07. The number of aliphatic hydroxyl groups is 1. The molecule has 5 heteroatoms. The van der Waals surface area contributed by atoms with Crippen molar-refractivity contribution in [3.63, 3.8) is 0 Å². The Morgan fingerprint density at radius 1 is 1.25 bits per heavy atom. The number of ether oxygens (including phenoxy) is 2. The van der Waals surface area contributed by atoms with E-state index in [-0.39, 0.29) is 18.4 Å². The van der Waals surface area contributed by atoms with Gasteiger partial charge in [0.05, 0.1) is 14.2 Å². The van der Waals surface area contributed by atoms with Crippen molar-refractivity contribution in [2.75, 3.05) is 33.9 Å². The lowest BCUT2D eigenvalue weighted by Crippen LogP contribution is -2.27. The SMILES string of the molecule is COc1cc(CCN2CC(CO)CC2=O)cc(OC)c1. The van der Waals surface area contributed by atoms with E-state index in [1.54, 1.807) is 14.2 Å². The molecule has 20 heavy (non-hydrogen) atoms. The highest BCUT2D eigenvalue weighted by Crippen LogP contribution is 2.24. The van der Waals surface area contributed by atoms with Crippen LogP contribution in [0.2, 0.25) is 0 Å². The lowest BCUT2D eigenvalue weighted by molar-refractivity contribution is -0.127. The molecule has 1 aliphatic heterocycles. The van der Waals surface area contributed by atoms with E-state index in [0.29, 0.717) is 19.5 Å². The van der Waals surface area contributed by atoms with E-state index >= 15 is 0 Å². The molecule has 1 fully saturated rings. The number of methoxy groups -OCH3 is 2. The second kappa shape index (κ2) is 6.61. The maximum atomic E-state index is 11.8. The normalized spacial score (nSPS) is 18.4. The van der Waals surface area contributed by atoms with Gasteiger partial charge in [0.1, 0.15) is 11.5 Å². The fourth-order valence-electron chi connectivity index (χ4n) is 2.47. The third-order valence-corrected chi connectivity index (χ3v) is 3.63. The van der Waals surface area contributed by atoms with Gasteiger partial charge in [0.25, 0.3) is 0 Å². The third kappa shape index (κ3) is 3.42. The fourth-order valence-corrected chi connectivity index (χ4v) is 2.47. The van der Waals surface area contributed by atoms with E-state index in [1.165, 1.54) is 0 Å². The largest absolute Gasteiger partial charge is 0.497 e. The summed E-state index contributed by atoms with van der Waals surface area (Å²) < 4.78 is 10.5. The Balaban J connectivity index is 1.98. The Kier molecular flexibility index (Phi) is 4.84. The highest BCUT2D eigenvalue weighted by molar-refractivity contribution is 5.78. The lowest BCUT2D eigenvalue weighted by atomic mass is 10.1. The topological polar surface area (TPSA) is 59.0 Å². The lowest BCUT2D eigenvalue weighted by Gasteiger charge is -2.16. The molecule has 1 N–H and O–H groups in total. The number of benzene rings is 1. The standard InChI is InChI=1S/C15H21NO4/c1-19-13-5-11(6-14(8-13)20-2)3-4-16-9-12(10-17)7-15(16)18/h5-6,8,12,17H,3-4,7,9-10H2,1-2H3. The van der Waals surface area contributed by atoms with Crippen LogP contribution in [0.3, 0.4) is 0 Å². The zero-order valence-corrected chi connectivity index (χ0v) is 12.0. The van der Waals surface area contributed by atoms with E-state index in [1.807, 2.05) is 23.1 Å². The Labute approximate surface area is 119 Å². The van der Waals surface area contributed by atoms with Crippen molar-refractivity contribution >= 4 is 5.91 Å². The van der Waals surface area contributed by atoms with Crippen LogP contribution in [0.25, 0.3) is 0 Å². The van der Waals surface area contributed by atoms with Crippen molar-refractivity contribution in [3.05, 3.63) is 23.8 Å². The predicted octanol–water partition coefficient (Wildman–Crippen LogP) is 1.09. The first kappa shape index (κ1) is 14.7. The van der Waals surface area contributed by atoms with E-state index in [9.17, 15) is 4.79 Å². The number of hydrogen-bond acceptors (Lipinski definition) is 4. The van der Waals surface area contributed by atoms with Gasteiger partial charge in [-0.25, -0.2) is 0 Å². The molecule has 110 valence electrons. The molecule has 1 aromatic rings.